The van der Waals surface area contributed by atoms with Gasteiger partial charge in [0.2, 0.25) is 5.95 Å². The molecular weight excluding hydrogens is 406 g/mol. The second-order valence-electron chi connectivity index (χ2n) is 7.11. The number of rotatable bonds is 9. The van der Waals surface area contributed by atoms with Crippen LogP contribution >= 0.6 is 0 Å². The maximum atomic E-state index is 12.3. The van der Waals surface area contributed by atoms with Gasteiger partial charge >= 0.3 is 11.9 Å². The van der Waals surface area contributed by atoms with Crippen LogP contribution in [0.1, 0.15) is 46.7 Å². The fourth-order valence-corrected chi connectivity index (χ4v) is 3.29. The maximum absolute atomic E-state index is 12.3. The number of carbonyl (C=O) groups excluding carboxylic acids is 1. The maximum Gasteiger partial charge on any atom is 0.326 e. The number of hydrogen-bond donors (Lipinski definition) is 5. The highest BCUT2D eigenvalue weighted by atomic mass is 16.4. The Labute approximate surface area is 176 Å². The Balaban J connectivity index is 1.59. The van der Waals surface area contributed by atoms with Crippen LogP contribution in [0.5, 0.6) is 0 Å². The Morgan fingerprint density at radius 3 is 2.55 bits per heavy atom. The van der Waals surface area contributed by atoms with E-state index in [1.807, 2.05) is 0 Å². The summed E-state index contributed by atoms with van der Waals surface area (Å²) < 4.78 is 0. The zero-order chi connectivity index (χ0) is 22.5. The molecule has 0 fully saturated rings. The summed E-state index contributed by atoms with van der Waals surface area (Å²) in [4.78, 5) is 56.9. The predicted octanol–water partition coefficient (Wildman–Crippen LogP) is 0.832. The Kier molecular flexibility index (Phi) is 6.43. The second-order valence-corrected chi connectivity index (χ2v) is 7.11. The summed E-state index contributed by atoms with van der Waals surface area (Å²) in [6.07, 6.45) is 2.30. The van der Waals surface area contributed by atoms with Crippen molar-refractivity contribution in [3.05, 3.63) is 51.3 Å². The number of amides is 1. The van der Waals surface area contributed by atoms with Gasteiger partial charge in [-0.1, -0.05) is 12.1 Å². The van der Waals surface area contributed by atoms with Gasteiger partial charge in [0.25, 0.3) is 11.5 Å². The molecule has 1 amide bonds. The number of H-pyrrole nitrogens is 1. The summed E-state index contributed by atoms with van der Waals surface area (Å²) in [7, 11) is 0. The minimum atomic E-state index is -1.30. The molecule has 11 nitrogen and oxygen atoms in total. The molecule has 1 aromatic heterocycles. The number of nitrogens with two attached hydrogens (primary N) is 1. The first-order valence-corrected chi connectivity index (χ1v) is 9.53. The molecule has 2 atom stereocenters. The molecule has 0 saturated heterocycles. The van der Waals surface area contributed by atoms with E-state index in [0.717, 1.165) is 5.56 Å². The van der Waals surface area contributed by atoms with Gasteiger partial charge < -0.3 is 21.3 Å². The molecule has 6 N–H and O–H groups in total. The van der Waals surface area contributed by atoms with Crippen LogP contribution in [-0.4, -0.2) is 50.3 Å². The molecular formula is C20H21N5O6. The third-order valence-corrected chi connectivity index (χ3v) is 4.91. The molecule has 31 heavy (non-hydrogen) atoms. The summed E-state index contributed by atoms with van der Waals surface area (Å²) in [5.41, 5.74) is 6.87. The van der Waals surface area contributed by atoms with Crippen LogP contribution in [0.15, 0.2) is 34.1 Å². The smallest absolute Gasteiger partial charge is 0.326 e. The normalized spacial score (nSPS) is 15.3. The molecule has 2 aromatic rings. The van der Waals surface area contributed by atoms with Gasteiger partial charge in [-0.25, -0.2) is 9.79 Å². The molecule has 1 aliphatic heterocycles. The lowest BCUT2D eigenvalue weighted by Crippen LogP contribution is -2.41. The van der Waals surface area contributed by atoms with Crippen molar-refractivity contribution >= 4 is 35.8 Å². The number of aromatic nitrogens is 2. The van der Waals surface area contributed by atoms with Gasteiger partial charge in [0, 0.05) is 24.1 Å². The minimum absolute atomic E-state index is 0.0171. The number of aromatic amines is 1. The molecule has 0 saturated carbocycles. The van der Waals surface area contributed by atoms with Crippen molar-refractivity contribution in [3.8, 4) is 0 Å². The van der Waals surface area contributed by atoms with E-state index in [1.165, 1.54) is 0 Å². The summed E-state index contributed by atoms with van der Waals surface area (Å²) in [5, 5.41) is 20.2. The van der Waals surface area contributed by atoms with E-state index in [2.05, 4.69) is 20.3 Å². The van der Waals surface area contributed by atoms with Gasteiger partial charge in [-0.3, -0.25) is 19.4 Å². The van der Waals surface area contributed by atoms with Gasteiger partial charge in [0.1, 0.15) is 6.04 Å². The van der Waals surface area contributed by atoms with Crippen molar-refractivity contribution in [3.63, 3.8) is 0 Å². The second kappa shape index (κ2) is 9.20. The number of carboxylic acids is 2. The van der Waals surface area contributed by atoms with Crippen LogP contribution in [0.25, 0.3) is 0 Å². The average molecular weight is 427 g/mol. The van der Waals surface area contributed by atoms with E-state index in [-0.39, 0.29) is 35.8 Å². The zero-order valence-corrected chi connectivity index (χ0v) is 16.4. The van der Waals surface area contributed by atoms with Crippen molar-refractivity contribution in [1.29, 1.82) is 0 Å². The fourth-order valence-electron chi connectivity index (χ4n) is 3.29. The number of nitrogens with zero attached hydrogens (tertiary/aromatic N) is 2. The molecule has 1 aromatic carbocycles. The first-order chi connectivity index (χ1) is 14.7. The number of nitrogens with one attached hydrogen (secondary N) is 2. The van der Waals surface area contributed by atoms with Crippen molar-refractivity contribution < 1.29 is 24.6 Å². The van der Waals surface area contributed by atoms with Crippen molar-refractivity contribution in [2.45, 2.75) is 37.6 Å². The Bertz CT molecular complexity index is 1090. The number of carboxylic acid groups (broad SMARTS) is 2. The molecule has 1 aliphatic rings. The van der Waals surface area contributed by atoms with Gasteiger partial charge in [0.05, 0.1) is 5.56 Å². The number of hydrogen-bond acceptors (Lipinski definition) is 7. The topological polar surface area (TPSA) is 188 Å². The van der Waals surface area contributed by atoms with E-state index in [0.29, 0.717) is 24.2 Å². The van der Waals surface area contributed by atoms with Gasteiger partial charge in [-0.2, -0.15) is 4.98 Å². The first kappa shape index (κ1) is 21.7. The Morgan fingerprint density at radius 2 is 1.90 bits per heavy atom. The molecule has 2 heterocycles. The third-order valence-electron chi connectivity index (χ3n) is 4.91. The van der Waals surface area contributed by atoms with E-state index < -0.39 is 23.9 Å². The monoisotopic (exact) mass is 427 g/mol. The van der Waals surface area contributed by atoms with Crippen LogP contribution in [0.3, 0.4) is 0 Å². The van der Waals surface area contributed by atoms with E-state index in [1.54, 1.807) is 30.5 Å². The molecule has 0 spiro atoms. The Morgan fingerprint density at radius 1 is 1.19 bits per heavy atom. The highest BCUT2D eigenvalue weighted by molar-refractivity contribution is 5.96. The van der Waals surface area contributed by atoms with E-state index >= 15 is 0 Å². The largest absolute Gasteiger partial charge is 0.481 e. The number of benzene rings is 1. The lowest BCUT2D eigenvalue weighted by Gasteiger charge is -2.14. The molecule has 3 rings (SSSR count). The molecule has 0 unspecified atom stereocenters. The summed E-state index contributed by atoms with van der Waals surface area (Å²) in [5.74, 6) is -2.88. The van der Waals surface area contributed by atoms with Crippen LogP contribution in [0, 0.1) is 0 Å². The molecule has 0 aliphatic carbocycles. The van der Waals surface area contributed by atoms with E-state index in [9.17, 15) is 19.2 Å². The van der Waals surface area contributed by atoms with Gasteiger partial charge in [-0.05, 0) is 37.0 Å². The number of anilines is 1. The number of carbonyl (C=O) groups is 3. The van der Waals surface area contributed by atoms with E-state index in [4.69, 9.17) is 15.9 Å². The van der Waals surface area contributed by atoms with Crippen LogP contribution < -0.4 is 16.6 Å². The average Bonchev–Trinajstić information content (AvgIpc) is 3.12. The number of aliphatic imine (C=N–C) groups is 1. The molecule has 0 bridgehead atoms. The SMILES string of the molecule is Nc1nc2c(c(=O)[nH]1)[C@@H](CCc1ccc(C(=O)N[C@@H](CCC(=O)O)C(=O)O)cc1)C=N2. The summed E-state index contributed by atoms with van der Waals surface area (Å²) in [6, 6.07) is 5.31. The van der Waals surface area contributed by atoms with Gasteiger partial charge in [-0.15, -0.1) is 0 Å². The first-order valence-electron chi connectivity index (χ1n) is 9.53. The molecule has 162 valence electrons. The summed E-state index contributed by atoms with van der Waals surface area (Å²) >= 11 is 0. The van der Waals surface area contributed by atoms with Crippen molar-refractivity contribution in [2.75, 3.05) is 5.73 Å². The van der Waals surface area contributed by atoms with Crippen LogP contribution in [0.2, 0.25) is 0 Å². The zero-order valence-electron chi connectivity index (χ0n) is 16.4. The highest BCUT2D eigenvalue weighted by Gasteiger charge is 2.24. The third kappa shape index (κ3) is 5.32. The Hall–Kier alpha value is -4.02. The van der Waals surface area contributed by atoms with Gasteiger partial charge in [0.15, 0.2) is 5.82 Å². The lowest BCUT2D eigenvalue weighted by molar-refractivity contribution is -0.140. The number of fused-ring (bicyclic) bond motifs is 1. The number of aryl methyl sites for hydroxylation is 1. The minimum Gasteiger partial charge on any atom is -0.481 e. The molecule has 0 radical (unpaired) electrons. The van der Waals surface area contributed by atoms with Crippen molar-refractivity contribution in [2.24, 2.45) is 4.99 Å². The quantitative estimate of drug-likeness (QED) is 0.389. The standard InChI is InChI=1S/C20H21N5O6/c21-20-24-16-15(18(29)25-20)12(9-22-16)6-3-10-1-4-11(5-2-10)17(28)23-13(19(30)31)7-8-14(26)27/h1-2,4-5,9,12-13H,3,6-8H2,(H,23,28)(H,26,27)(H,30,31)(H3,21,24,25,29)/t12-,13-/m0/s1. The predicted molar refractivity (Wildman–Crippen MR) is 111 cm³/mol. The number of nitrogen functional groups attached to an aromatic ring is 1. The lowest BCUT2D eigenvalue weighted by atomic mass is 9.95. The number of aliphatic carboxylic acids is 2. The van der Waals surface area contributed by atoms with Crippen LogP contribution in [0.4, 0.5) is 11.8 Å². The van der Waals surface area contributed by atoms with Crippen LogP contribution in [-0.2, 0) is 16.0 Å². The molecule has 11 heteroatoms. The highest BCUT2D eigenvalue weighted by Crippen LogP contribution is 2.30. The fraction of sp³-hybridized carbons (Fsp3) is 0.300. The summed E-state index contributed by atoms with van der Waals surface area (Å²) in [6.45, 7) is 0. The van der Waals surface area contributed by atoms with Crippen molar-refractivity contribution in [1.82, 2.24) is 15.3 Å².